The van der Waals surface area contributed by atoms with Crippen LogP contribution in [0.1, 0.15) is 47.5 Å². The number of ether oxygens (including phenoxy) is 1. The fourth-order valence-electron chi connectivity index (χ4n) is 1.80. The van der Waals surface area contributed by atoms with E-state index in [9.17, 15) is 4.79 Å². The maximum Gasteiger partial charge on any atom is 0.407 e. The minimum Gasteiger partial charge on any atom is -0.444 e. The third-order valence-corrected chi connectivity index (χ3v) is 2.84. The van der Waals surface area contributed by atoms with E-state index in [0.717, 1.165) is 24.7 Å². The van der Waals surface area contributed by atoms with Crippen LogP contribution in [0.25, 0.3) is 0 Å². The lowest BCUT2D eigenvalue weighted by molar-refractivity contribution is 0.0432. The maximum absolute atomic E-state index is 11.4. The normalized spacial score (nSPS) is 26.0. The van der Waals surface area contributed by atoms with Gasteiger partial charge in [-0.2, -0.15) is 0 Å². The number of alkyl carbamates (subject to hydrolysis) is 1. The highest BCUT2D eigenvalue weighted by molar-refractivity contribution is 5.68. The minimum atomic E-state index is -0.398. The molecule has 3 nitrogen and oxygen atoms in total. The van der Waals surface area contributed by atoms with Crippen LogP contribution in [0.5, 0.6) is 0 Å². The predicted octanol–water partition coefficient (Wildman–Crippen LogP) is 2.95. The molecule has 0 spiro atoms. The Hall–Kier alpha value is -0.730. The van der Waals surface area contributed by atoms with Gasteiger partial charge in [0.05, 0.1) is 0 Å². The molecule has 0 aromatic heterocycles. The van der Waals surface area contributed by atoms with Crippen LogP contribution >= 0.6 is 0 Å². The van der Waals surface area contributed by atoms with Gasteiger partial charge in [-0.25, -0.2) is 4.79 Å². The fourth-order valence-corrected chi connectivity index (χ4v) is 1.80. The van der Waals surface area contributed by atoms with Gasteiger partial charge in [0.25, 0.3) is 0 Å². The van der Waals surface area contributed by atoms with E-state index in [0.29, 0.717) is 6.04 Å². The smallest absolute Gasteiger partial charge is 0.407 e. The van der Waals surface area contributed by atoms with Gasteiger partial charge in [0.1, 0.15) is 5.60 Å². The van der Waals surface area contributed by atoms with Crippen LogP contribution in [-0.2, 0) is 4.74 Å². The molecule has 0 radical (unpaired) electrons. The summed E-state index contributed by atoms with van der Waals surface area (Å²) in [6.07, 6.45) is 1.91. The molecule has 1 aliphatic carbocycles. The summed E-state index contributed by atoms with van der Waals surface area (Å²) in [6.45, 7) is 10.1. The van der Waals surface area contributed by atoms with E-state index in [1.807, 2.05) is 20.8 Å². The molecule has 0 aromatic rings. The number of hydrogen-bond acceptors (Lipinski definition) is 2. The van der Waals surface area contributed by atoms with Crippen LogP contribution in [0.15, 0.2) is 0 Å². The molecule has 0 unspecified atom stereocenters. The second-order valence-corrected chi connectivity index (χ2v) is 5.82. The zero-order valence-corrected chi connectivity index (χ0v) is 10.5. The highest BCUT2D eigenvalue weighted by Crippen LogP contribution is 2.33. The van der Waals surface area contributed by atoms with Gasteiger partial charge in [-0.15, -0.1) is 0 Å². The lowest BCUT2D eigenvalue weighted by atomic mass is 9.74. The van der Waals surface area contributed by atoms with Crippen LogP contribution in [-0.4, -0.2) is 17.7 Å². The van der Waals surface area contributed by atoms with Crippen molar-refractivity contribution >= 4 is 6.09 Å². The molecule has 1 aliphatic rings. The van der Waals surface area contributed by atoms with E-state index in [-0.39, 0.29) is 6.09 Å². The van der Waals surface area contributed by atoms with Gasteiger partial charge in [-0.1, -0.05) is 13.8 Å². The summed E-state index contributed by atoms with van der Waals surface area (Å²) in [6, 6.07) is 0.326. The number of carbonyl (C=O) groups excluding carboxylic acids is 1. The molecule has 15 heavy (non-hydrogen) atoms. The fraction of sp³-hybridized carbons (Fsp3) is 0.917. The van der Waals surface area contributed by atoms with Gasteiger partial charge >= 0.3 is 6.09 Å². The van der Waals surface area contributed by atoms with Crippen LogP contribution in [0.2, 0.25) is 0 Å². The van der Waals surface area contributed by atoms with Crippen molar-refractivity contribution in [2.45, 2.75) is 59.1 Å². The van der Waals surface area contributed by atoms with Crippen molar-refractivity contribution in [1.82, 2.24) is 5.32 Å². The summed E-state index contributed by atoms with van der Waals surface area (Å²) in [5, 5.41) is 2.90. The average Bonchev–Trinajstić information content (AvgIpc) is 1.91. The molecule has 1 saturated carbocycles. The Balaban J connectivity index is 2.19. The molecular weight excluding hydrogens is 190 g/mol. The Morgan fingerprint density at radius 1 is 1.33 bits per heavy atom. The van der Waals surface area contributed by atoms with Gasteiger partial charge in [-0.05, 0) is 45.4 Å². The van der Waals surface area contributed by atoms with Crippen molar-refractivity contribution in [1.29, 1.82) is 0 Å². The van der Waals surface area contributed by atoms with E-state index in [1.165, 1.54) is 0 Å². The maximum atomic E-state index is 11.4. The zero-order valence-electron chi connectivity index (χ0n) is 10.5. The molecule has 1 rings (SSSR count). The minimum absolute atomic E-state index is 0.283. The molecule has 0 bridgehead atoms. The first-order valence-corrected chi connectivity index (χ1v) is 5.77. The Labute approximate surface area is 92.6 Å². The van der Waals surface area contributed by atoms with Crippen molar-refractivity contribution in [3.05, 3.63) is 0 Å². The summed E-state index contributed by atoms with van der Waals surface area (Å²) < 4.78 is 5.19. The quantitative estimate of drug-likeness (QED) is 0.766. The van der Waals surface area contributed by atoms with Gasteiger partial charge in [-0.3, -0.25) is 0 Å². The second kappa shape index (κ2) is 4.42. The summed E-state index contributed by atoms with van der Waals surface area (Å²) in [4.78, 5) is 11.4. The number of amides is 1. The SMILES string of the molecule is CC(C)C1CC(NC(=O)OC(C)(C)C)C1. The first-order valence-electron chi connectivity index (χ1n) is 5.77. The molecule has 0 saturated heterocycles. The summed E-state index contributed by atoms with van der Waals surface area (Å²) in [5.41, 5.74) is -0.398. The summed E-state index contributed by atoms with van der Waals surface area (Å²) >= 11 is 0. The molecule has 1 fully saturated rings. The van der Waals surface area contributed by atoms with Crippen LogP contribution in [0.4, 0.5) is 4.79 Å². The Kier molecular flexibility index (Phi) is 3.63. The molecule has 0 aromatic carbocycles. The Morgan fingerprint density at radius 2 is 1.87 bits per heavy atom. The van der Waals surface area contributed by atoms with Crippen molar-refractivity contribution in [3.8, 4) is 0 Å². The van der Waals surface area contributed by atoms with E-state index < -0.39 is 5.60 Å². The van der Waals surface area contributed by atoms with Crippen molar-refractivity contribution in [2.75, 3.05) is 0 Å². The predicted molar refractivity (Wildman–Crippen MR) is 60.7 cm³/mol. The molecule has 0 atom stereocenters. The second-order valence-electron chi connectivity index (χ2n) is 5.82. The summed E-state index contributed by atoms with van der Waals surface area (Å²) in [7, 11) is 0. The van der Waals surface area contributed by atoms with E-state index >= 15 is 0 Å². The van der Waals surface area contributed by atoms with Crippen LogP contribution in [0.3, 0.4) is 0 Å². The van der Waals surface area contributed by atoms with E-state index in [1.54, 1.807) is 0 Å². The summed E-state index contributed by atoms with van der Waals surface area (Å²) in [5.74, 6) is 1.49. The third kappa shape index (κ3) is 4.10. The first kappa shape index (κ1) is 12.3. The number of rotatable bonds is 2. The molecule has 1 N–H and O–H groups in total. The van der Waals surface area contributed by atoms with Gasteiger partial charge in [0, 0.05) is 6.04 Å². The lowest BCUT2D eigenvalue weighted by Gasteiger charge is -2.38. The van der Waals surface area contributed by atoms with Gasteiger partial charge in [0.2, 0.25) is 0 Å². The standard InChI is InChI=1S/C12H23NO2/c1-8(2)9-6-10(7-9)13-11(14)15-12(3,4)5/h8-10H,6-7H2,1-5H3,(H,13,14). The Bertz CT molecular complexity index is 224. The van der Waals surface area contributed by atoms with Gasteiger partial charge < -0.3 is 10.1 Å². The topological polar surface area (TPSA) is 38.3 Å². The van der Waals surface area contributed by atoms with E-state index in [2.05, 4.69) is 19.2 Å². The third-order valence-electron chi connectivity index (χ3n) is 2.84. The lowest BCUT2D eigenvalue weighted by Crippen LogP contribution is -2.47. The average molecular weight is 213 g/mol. The van der Waals surface area contributed by atoms with Crippen molar-refractivity contribution in [3.63, 3.8) is 0 Å². The molecule has 3 heteroatoms. The first-order chi connectivity index (χ1) is 6.78. The molecule has 0 aliphatic heterocycles. The number of hydrogen-bond donors (Lipinski definition) is 1. The van der Waals surface area contributed by atoms with Crippen LogP contribution in [0, 0.1) is 11.8 Å². The van der Waals surface area contributed by atoms with Crippen molar-refractivity contribution in [2.24, 2.45) is 11.8 Å². The largest absolute Gasteiger partial charge is 0.444 e. The highest BCUT2D eigenvalue weighted by Gasteiger charge is 2.33. The number of nitrogens with one attached hydrogen (secondary N) is 1. The molecule has 88 valence electrons. The zero-order chi connectivity index (χ0) is 11.6. The molecule has 0 heterocycles. The monoisotopic (exact) mass is 213 g/mol. The number of carbonyl (C=O) groups is 1. The van der Waals surface area contributed by atoms with Crippen molar-refractivity contribution < 1.29 is 9.53 Å². The molecule has 1 amide bonds. The van der Waals surface area contributed by atoms with Gasteiger partial charge in [0.15, 0.2) is 0 Å². The highest BCUT2D eigenvalue weighted by atomic mass is 16.6. The molecular formula is C12H23NO2. The van der Waals surface area contributed by atoms with Crippen LogP contribution < -0.4 is 5.32 Å². The Morgan fingerprint density at radius 3 is 2.27 bits per heavy atom. The van der Waals surface area contributed by atoms with E-state index in [4.69, 9.17) is 4.74 Å².